The maximum absolute atomic E-state index is 5.63. The third-order valence-corrected chi connectivity index (χ3v) is 2.53. The minimum absolute atomic E-state index is 0. The molecule has 8 heteroatoms. The first-order valence-electron chi connectivity index (χ1n) is 5.37. The van der Waals surface area contributed by atoms with Crippen LogP contribution in [0.3, 0.4) is 0 Å². The van der Waals surface area contributed by atoms with Crippen molar-refractivity contribution in [2.75, 3.05) is 41.0 Å². The average molecular weight is 277 g/mol. The zero-order valence-corrected chi connectivity index (χ0v) is 11.4. The van der Waals surface area contributed by atoms with Crippen LogP contribution in [0.5, 0.6) is 12.0 Å². The van der Waals surface area contributed by atoms with E-state index < -0.39 is 0 Å². The zero-order chi connectivity index (χ0) is 12.3. The number of halogens is 1. The molecule has 2 heterocycles. The van der Waals surface area contributed by atoms with E-state index in [9.17, 15) is 0 Å². The highest BCUT2D eigenvalue weighted by atomic mass is 35.5. The van der Waals surface area contributed by atoms with Crippen molar-refractivity contribution >= 4 is 12.4 Å². The molecule has 2 rings (SSSR count). The first-order chi connectivity index (χ1) is 8.22. The molecule has 1 atom stereocenters. The first-order valence-corrected chi connectivity index (χ1v) is 5.37. The van der Waals surface area contributed by atoms with Gasteiger partial charge in [-0.2, -0.15) is 9.97 Å². The van der Waals surface area contributed by atoms with Crippen LogP contribution in [0.25, 0.3) is 0 Å². The molecule has 1 aromatic heterocycles. The first kappa shape index (κ1) is 14.9. The van der Waals surface area contributed by atoms with E-state index in [1.165, 1.54) is 14.2 Å². The van der Waals surface area contributed by atoms with Crippen LogP contribution in [0.2, 0.25) is 0 Å². The van der Waals surface area contributed by atoms with Gasteiger partial charge in [0.1, 0.15) is 6.10 Å². The SMILES string of the molecule is COc1nc(OC)nc(C2CN(C)CCO2)n1.Cl. The van der Waals surface area contributed by atoms with E-state index in [0.717, 1.165) is 13.1 Å². The lowest BCUT2D eigenvalue weighted by atomic mass is 10.2. The predicted molar refractivity (Wildman–Crippen MR) is 66.4 cm³/mol. The average Bonchev–Trinajstić information content (AvgIpc) is 2.38. The van der Waals surface area contributed by atoms with Crippen molar-refractivity contribution in [1.29, 1.82) is 0 Å². The van der Waals surface area contributed by atoms with E-state index in [-0.39, 0.29) is 30.5 Å². The normalized spacial score (nSPS) is 20.1. The summed E-state index contributed by atoms with van der Waals surface area (Å²) in [6.07, 6.45) is -0.167. The fraction of sp³-hybridized carbons (Fsp3) is 0.700. The fourth-order valence-electron chi connectivity index (χ4n) is 1.61. The van der Waals surface area contributed by atoms with Gasteiger partial charge in [-0.1, -0.05) is 0 Å². The summed E-state index contributed by atoms with van der Waals surface area (Å²) in [4.78, 5) is 14.5. The Morgan fingerprint density at radius 2 is 1.78 bits per heavy atom. The molecule has 1 aliphatic heterocycles. The van der Waals surface area contributed by atoms with Crippen molar-refractivity contribution in [2.24, 2.45) is 0 Å². The molecule has 0 N–H and O–H groups in total. The summed E-state index contributed by atoms with van der Waals surface area (Å²) in [6.45, 7) is 2.32. The Bertz CT molecular complexity index is 371. The van der Waals surface area contributed by atoms with Crippen LogP contribution in [0.15, 0.2) is 0 Å². The van der Waals surface area contributed by atoms with Crippen LogP contribution in [0, 0.1) is 0 Å². The van der Waals surface area contributed by atoms with Gasteiger partial charge in [-0.25, -0.2) is 0 Å². The molecular weight excluding hydrogens is 260 g/mol. The Morgan fingerprint density at radius 1 is 1.17 bits per heavy atom. The van der Waals surface area contributed by atoms with Gasteiger partial charge >= 0.3 is 12.0 Å². The van der Waals surface area contributed by atoms with Crippen LogP contribution in [0.1, 0.15) is 11.9 Å². The summed E-state index contributed by atoms with van der Waals surface area (Å²) in [6, 6.07) is 0.479. The van der Waals surface area contributed by atoms with Crippen LogP contribution < -0.4 is 9.47 Å². The molecule has 0 saturated carbocycles. The molecule has 7 nitrogen and oxygen atoms in total. The van der Waals surface area contributed by atoms with E-state index in [1.54, 1.807) is 0 Å². The van der Waals surface area contributed by atoms with Gasteiger partial charge in [-0.15, -0.1) is 17.4 Å². The maximum atomic E-state index is 5.63. The molecule has 0 amide bonds. The van der Waals surface area contributed by atoms with Gasteiger partial charge in [0, 0.05) is 13.1 Å². The standard InChI is InChI=1S/C10H16N4O3.ClH/c1-14-4-5-17-7(6-14)8-11-9(15-2)13-10(12-8)16-3;/h7H,4-6H2,1-3H3;1H. The van der Waals surface area contributed by atoms with E-state index in [4.69, 9.17) is 14.2 Å². The fourth-order valence-corrected chi connectivity index (χ4v) is 1.61. The summed E-state index contributed by atoms with van der Waals surface area (Å²) in [5, 5.41) is 0. The summed E-state index contributed by atoms with van der Waals surface area (Å²) in [5.41, 5.74) is 0. The lowest BCUT2D eigenvalue weighted by molar-refractivity contribution is -0.0261. The molecular formula is C10H17ClN4O3. The van der Waals surface area contributed by atoms with Gasteiger partial charge in [0.05, 0.1) is 20.8 Å². The molecule has 1 fully saturated rings. The van der Waals surface area contributed by atoms with Crippen molar-refractivity contribution in [1.82, 2.24) is 19.9 Å². The monoisotopic (exact) mass is 276 g/mol. The maximum Gasteiger partial charge on any atom is 0.322 e. The number of morpholine rings is 1. The number of aromatic nitrogens is 3. The van der Waals surface area contributed by atoms with Gasteiger partial charge in [-0.3, -0.25) is 0 Å². The molecule has 1 saturated heterocycles. The molecule has 102 valence electrons. The quantitative estimate of drug-likeness (QED) is 0.787. The molecule has 0 spiro atoms. The Balaban J connectivity index is 0.00000162. The highest BCUT2D eigenvalue weighted by molar-refractivity contribution is 5.85. The second-order valence-corrected chi connectivity index (χ2v) is 3.79. The van der Waals surface area contributed by atoms with E-state index in [1.807, 2.05) is 7.05 Å². The van der Waals surface area contributed by atoms with Crippen molar-refractivity contribution in [2.45, 2.75) is 6.10 Å². The summed E-state index contributed by atoms with van der Waals surface area (Å²) in [7, 11) is 5.05. The van der Waals surface area contributed by atoms with Crippen LogP contribution in [-0.4, -0.2) is 60.8 Å². The zero-order valence-electron chi connectivity index (χ0n) is 10.6. The Hall–Kier alpha value is -1.18. The Labute approximate surface area is 112 Å². The van der Waals surface area contributed by atoms with Crippen LogP contribution in [0.4, 0.5) is 0 Å². The minimum atomic E-state index is -0.167. The van der Waals surface area contributed by atoms with Gasteiger partial charge < -0.3 is 19.1 Å². The minimum Gasteiger partial charge on any atom is -0.467 e. The molecule has 1 aliphatic rings. The number of hydrogen-bond donors (Lipinski definition) is 0. The Kier molecular flexibility index (Phi) is 5.52. The molecule has 18 heavy (non-hydrogen) atoms. The lowest BCUT2D eigenvalue weighted by Crippen LogP contribution is -2.36. The number of rotatable bonds is 3. The summed E-state index contributed by atoms with van der Waals surface area (Å²) < 4.78 is 15.6. The topological polar surface area (TPSA) is 69.6 Å². The van der Waals surface area contributed by atoms with Gasteiger partial charge in [-0.05, 0) is 7.05 Å². The summed E-state index contributed by atoms with van der Waals surface area (Å²) >= 11 is 0. The number of methoxy groups -OCH3 is 2. The van der Waals surface area contributed by atoms with Crippen LogP contribution in [-0.2, 0) is 4.74 Å². The molecule has 0 aliphatic carbocycles. The highest BCUT2D eigenvalue weighted by Gasteiger charge is 2.23. The van der Waals surface area contributed by atoms with Gasteiger partial charge in [0.25, 0.3) is 0 Å². The van der Waals surface area contributed by atoms with E-state index in [0.29, 0.717) is 12.4 Å². The molecule has 1 aromatic rings. The third-order valence-electron chi connectivity index (χ3n) is 2.53. The highest BCUT2D eigenvalue weighted by Crippen LogP contribution is 2.21. The summed E-state index contributed by atoms with van der Waals surface area (Å²) in [5.74, 6) is 0.542. The number of ether oxygens (including phenoxy) is 3. The second-order valence-electron chi connectivity index (χ2n) is 3.79. The molecule has 0 bridgehead atoms. The van der Waals surface area contributed by atoms with Gasteiger partial charge in [0.2, 0.25) is 0 Å². The van der Waals surface area contributed by atoms with Crippen molar-refractivity contribution in [3.05, 3.63) is 5.82 Å². The van der Waals surface area contributed by atoms with Crippen molar-refractivity contribution in [3.63, 3.8) is 0 Å². The number of nitrogens with zero attached hydrogens (tertiary/aromatic N) is 4. The predicted octanol–water partition coefficient (Wildman–Crippen LogP) is 0.314. The van der Waals surface area contributed by atoms with E-state index >= 15 is 0 Å². The number of hydrogen-bond acceptors (Lipinski definition) is 7. The largest absolute Gasteiger partial charge is 0.467 e. The lowest BCUT2D eigenvalue weighted by Gasteiger charge is -2.28. The smallest absolute Gasteiger partial charge is 0.322 e. The van der Waals surface area contributed by atoms with Crippen molar-refractivity contribution in [3.8, 4) is 12.0 Å². The Morgan fingerprint density at radius 3 is 2.28 bits per heavy atom. The van der Waals surface area contributed by atoms with Crippen molar-refractivity contribution < 1.29 is 14.2 Å². The van der Waals surface area contributed by atoms with Crippen LogP contribution >= 0.6 is 12.4 Å². The van der Waals surface area contributed by atoms with E-state index in [2.05, 4.69) is 19.9 Å². The molecule has 0 radical (unpaired) electrons. The number of likely N-dealkylation sites (N-methyl/N-ethyl adjacent to an activating group) is 1. The third kappa shape index (κ3) is 3.41. The molecule has 0 aromatic carbocycles. The second kappa shape index (κ2) is 6.67. The van der Waals surface area contributed by atoms with Gasteiger partial charge in [0.15, 0.2) is 5.82 Å². The molecule has 1 unspecified atom stereocenters.